The first-order chi connectivity index (χ1) is 12.0. The van der Waals surface area contributed by atoms with Gasteiger partial charge in [0.05, 0.1) is 12.2 Å². The third-order valence-corrected chi connectivity index (χ3v) is 4.04. The van der Waals surface area contributed by atoms with Crippen LogP contribution in [0.5, 0.6) is 0 Å². The Bertz CT molecular complexity index is 530. The topological polar surface area (TPSA) is 96.8 Å². The van der Waals surface area contributed by atoms with Crippen molar-refractivity contribution in [1.29, 1.82) is 0 Å². The highest BCUT2D eigenvalue weighted by Crippen LogP contribution is 2.19. The first kappa shape index (κ1) is 19.6. The van der Waals surface area contributed by atoms with Crippen LogP contribution in [0.3, 0.4) is 0 Å². The second-order valence-corrected chi connectivity index (χ2v) is 6.73. The summed E-state index contributed by atoms with van der Waals surface area (Å²) in [5, 5.41) is 9.18. The summed E-state index contributed by atoms with van der Waals surface area (Å²) in [6.07, 6.45) is 4.28. The molecule has 1 saturated heterocycles. The molecule has 25 heavy (non-hydrogen) atoms. The Labute approximate surface area is 148 Å². The van der Waals surface area contributed by atoms with Crippen molar-refractivity contribution in [3.05, 3.63) is 18.0 Å². The fraction of sp³-hybridized carbons (Fsp3) is 0.706. The van der Waals surface area contributed by atoms with Gasteiger partial charge in [0.1, 0.15) is 0 Å². The number of nitrogens with one attached hydrogen (secondary N) is 1. The molecule has 0 spiro atoms. The lowest BCUT2D eigenvalue weighted by Gasteiger charge is -2.30. The normalized spacial score (nSPS) is 16.9. The second kappa shape index (κ2) is 9.65. The maximum Gasteiger partial charge on any atom is 0.278 e. The van der Waals surface area contributed by atoms with Crippen LogP contribution in [0.4, 0.5) is 5.95 Å². The van der Waals surface area contributed by atoms with Gasteiger partial charge < -0.3 is 14.7 Å². The molecule has 0 radical (unpaired) electrons. The fourth-order valence-electron chi connectivity index (χ4n) is 2.47. The van der Waals surface area contributed by atoms with Crippen molar-refractivity contribution in [3.8, 4) is 0 Å². The van der Waals surface area contributed by atoms with Gasteiger partial charge in [-0.3, -0.25) is 4.79 Å². The minimum Gasteiger partial charge on any atom is -0.396 e. The maximum atomic E-state index is 12.0. The quantitative estimate of drug-likeness (QED) is 0.539. The summed E-state index contributed by atoms with van der Waals surface area (Å²) < 4.78 is 5.41. The highest BCUT2D eigenvalue weighted by atomic mass is 16.8. The zero-order valence-electron chi connectivity index (χ0n) is 15.1. The molecule has 1 atom stereocenters. The zero-order chi connectivity index (χ0) is 18.2. The number of ether oxygens (including phenoxy) is 1. The van der Waals surface area contributed by atoms with Gasteiger partial charge >= 0.3 is 0 Å². The van der Waals surface area contributed by atoms with Gasteiger partial charge in [-0.2, -0.15) is 0 Å². The number of carbonyl (C=O) groups is 1. The van der Waals surface area contributed by atoms with Crippen LogP contribution in [0, 0.1) is 11.8 Å². The van der Waals surface area contributed by atoms with E-state index in [9.17, 15) is 9.90 Å². The standard InChI is InChI=1S/C17H28N4O4/c1-12(2)11-24-13(3)25-20-16(23)15-8-18-17(19-9-15)21-6-4-14(10-22)5-7-21/h8-9,12-14,22H,4-7,10-11H2,1-3H3,(H,20,23). The summed E-state index contributed by atoms with van der Waals surface area (Å²) in [4.78, 5) is 27.8. The number of aliphatic hydroxyl groups is 1. The first-order valence-corrected chi connectivity index (χ1v) is 8.75. The summed E-state index contributed by atoms with van der Waals surface area (Å²) in [5.74, 6) is 0.941. The number of carbonyl (C=O) groups excluding carboxylic acids is 1. The minimum absolute atomic E-state index is 0.229. The predicted octanol–water partition coefficient (Wildman–Crippen LogP) is 1.37. The molecule has 1 amide bonds. The van der Waals surface area contributed by atoms with E-state index in [4.69, 9.17) is 9.57 Å². The first-order valence-electron chi connectivity index (χ1n) is 8.75. The lowest BCUT2D eigenvalue weighted by molar-refractivity contribution is -0.163. The molecule has 0 saturated carbocycles. The molecule has 0 bridgehead atoms. The van der Waals surface area contributed by atoms with Crippen LogP contribution < -0.4 is 10.4 Å². The Morgan fingerprint density at radius 1 is 1.32 bits per heavy atom. The van der Waals surface area contributed by atoms with Gasteiger partial charge in [-0.25, -0.2) is 20.3 Å². The predicted molar refractivity (Wildman–Crippen MR) is 92.9 cm³/mol. The van der Waals surface area contributed by atoms with E-state index in [-0.39, 0.29) is 6.61 Å². The molecule has 0 aromatic carbocycles. The van der Waals surface area contributed by atoms with E-state index >= 15 is 0 Å². The van der Waals surface area contributed by atoms with E-state index in [1.807, 2.05) is 13.8 Å². The van der Waals surface area contributed by atoms with E-state index in [1.54, 1.807) is 6.92 Å². The number of hydrogen-bond acceptors (Lipinski definition) is 7. The summed E-state index contributed by atoms with van der Waals surface area (Å²) in [7, 11) is 0. The lowest BCUT2D eigenvalue weighted by atomic mass is 9.98. The molecule has 2 N–H and O–H groups in total. The van der Waals surface area contributed by atoms with Crippen LogP contribution in [0.25, 0.3) is 0 Å². The Morgan fingerprint density at radius 3 is 2.52 bits per heavy atom. The molecule has 1 unspecified atom stereocenters. The number of aromatic nitrogens is 2. The molecule has 2 heterocycles. The minimum atomic E-state index is -0.528. The zero-order valence-corrected chi connectivity index (χ0v) is 15.1. The molecular weight excluding hydrogens is 324 g/mol. The van der Waals surface area contributed by atoms with Crippen LogP contribution in [0.2, 0.25) is 0 Å². The molecule has 8 nitrogen and oxygen atoms in total. The number of hydroxylamine groups is 1. The van der Waals surface area contributed by atoms with Crippen molar-refractivity contribution in [2.45, 2.75) is 39.9 Å². The van der Waals surface area contributed by atoms with Crippen LogP contribution in [-0.2, 0) is 9.57 Å². The summed E-state index contributed by atoms with van der Waals surface area (Å²) in [6, 6.07) is 0. The number of nitrogens with zero attached hydrogens (tertiary/aromatic N) is 3. The molecule has 0 aliphatic carbocycles. The monoisotopic (exact) mass is 352 g/mol. The average Bonchev–Trinajstić information content (AvgIpc) is 2.64. The number of rotatable bonds is 8. The molecule has 8 heteroatoms. The van der Waals surface area contributed by atoms with Gasteiger partial charge in [0.25, 0.3) is 5.91 Å². The molecule has 1 fully saturated rings. The number of hydrogen-bond donors (Lipinski definition) is 2. The van der Waals surface area contributed by atoms with Gasteiger partial charge in [-0.05, 0) is 31.6 Å². The molecule has 2 rings (SSSR count). The molecule has 1 aliphatic rings. The third-order valence-electron chi connectivity index (χ3n) is 4.04. The van der Waals surface area contributed by atoms with Gasteiger partial charge in [0.15, 0.2) is 6.29 Å². The Morgan fingerprint density at radius 2 is 1.96 bits per heavy atom. The largest absolute Gasteiger partial charge is 0.396 e. The van der Waals surface area contributed by atoms with E-state index in [2.05, 4.69) is 20.3 Å². The van der Waals surface area contributed by atoms with Crippen LogP contribution in [-0.4, -0.2) is 53.6 Å². The second-order valence-electron chi connectivity index (χ2n) is 6.73. The van der Waals surface area contributed by atoms with Crippen molar-refractivity contribution in [2.24, 2.45) is 11.8 Å². The van der Waals surface area contributed by atoms with E-state index in [1.165, 1.54) is 12.4 Å². The van der Waals surface area contributed by atoms with Gasteiger partial charge in [0.2, 0.25) is 5.95 Å². The average molecular weight is 352 g/mol. The van der Waals surface area contributed by atoms with Crippen molar-refractivity contribution < 1.29 is 19.5 Å². The van der Waals surface area contributed by atoms with Crippen molar-refractivity contribution in [1.82, 2.24) is 15.4 Å². The summed E-state index contributed by atoms with van der Waals surface area (Å²) >= 11 is 0. The van der Waals surface area contributed by atoms with E-state index in [0.717, 1.165) is 25.9 Å². The van der Waals surface area contributed by atoms with Crippen LogP contribution >= 0.6 is 0 Å². The fourth-order valence-corrected chi connectivity index (χ4v) is 2.47. The molecule has 140 valence electrons. The molecule has 1 aromatic heterocycles. The van der Waals surface area contributed by atoms with Crippen LogP contribution in [0.1, 0.15) is 44.0 Å². The maximum absolute atomic E-state index is 12.0. The Balaban J connectivity index is 1.80. The Kier molecular flexibility index (Phi) is 7.54. The van der Waals surface area contributed by atoms with E-state index in [0.29, 0.717) is 30.0 Å². The molecule has 1 aromatic rings. The summed E-state index contributed by atoms with van der Waals surface area (Å²) in [6.45, 7) is 8.20. The number of amides is 1. The molecular formula is C17H28N4O4. The molecule has 1 aliphatic heterocycles. The smallest absolute Gasteiger partial charge is 0.278 e. The SMILES string of the molecule is CC(C)COC(C)ONC(=O)c1cnc(N2CCC(CO)CC2)nc1. The third kappa shape index (κ3) is 6.22. The number of anilines is 1. The van der Waals surface area contributed by atoms with Crippen LogP contribution in [0.15, 0.2) is 12.4 Å². The van der Waals surface area contributed by atoms with E-state index < -0.39 is 12.2 Å². The highest BCUT2D eigenvalue weighted by molar-refractivity contribution is 5.92. The van der Waals surface area contributed by atoms with Gasteiger partial charge in [0, 0.05) is 32.1 Å². The van der Waals surface area contributed by atoms with Crippen molar-refractivity contribution in [3.63, 3.8) is 0 Å². The lowest BCUT2D eigenvalue weighted by Crippen LogP contribution is -2.36. The highest BCUT2D eigenvalue weighted by Gasteiger charge is 2.20. The van der Waals surface area contributed by atoms with Crippen molar-refractivity contribution >= 4 is 11.9 Å². The Hall–Kier alpha value is -1.77. The van der Waals surface area contributed by atoms with Gasteiger partial charge in [-0.1, -0.05) is 13.8 Å². The van der Waals surface area contributed by atoms with Gasteiger partial charge in [-0.15, -0.1) is 0 Å². The number of piperidine rings is 1. The summed E-state index contributed by atoms with van der Waals surface area (Å²) in [5.41, 5.74) is 2.67. The number of aliphatic hydroxyl groups excluding tert-OH is 1. The van der Waals surface area contributed by atoms with Crippen molar-refractivity contribution in [2.75, 3.05) is 31.2 Å².